The largest absolute Gasteiger partial charge is 0.466 e. The van der Waals surface area contributed by atoms with E-state index >= 15 is 0 Å². The highest BCUT2D eigenvalue weighted by atomic mass is 127. The number of ether oxygens (including phenoxy) is 1. The van der Waals surface area contributed by atoms with E-state index in [-0.39, 0.29) is 11.9 Å². The minimum absolute atomic E-state index is 0.0417. The number of hydrogen-bond donors (Lipinski definition) is 0. The number of carbonyl (C=O) groups is 1. The zero-order valence-electron chi connectivity index (χ0n) is 13.4. The average Bonchev–Trinajstić information content (AvgIpc) is 2.96. The van der Waals surface area contributed by atoms with Gasteiger partial charge in [-0.05, 0) is 38.7 Å². The molecule has 0 unspecified atom stereocenters. The third kappa shape index (κ3) is 3.29. The first kappa shape index (κ1) is 16.5. The molecular weight excluding hydrogens is 407 g/mol. The van der Waals surface area contributed by atoms with Gasteiger partial charge in [0.05, 0.1) is 40.8 Å². The summed E-state index contributed by atoms with van der Waals surface area (Å²) in [5, 5.41) is 1.07. The van der Waals surface area contributed by atoms with Crippen LogP contribution in [0.15, 0.2) is 18.6 Å². The van der Waals surface area contributed by atoms with Crippen LogP contribution in [-0.4, -0.2) is 38.4 Å². The quantitative estimate of drug-likeness (QED) is 0.553. The Labute approximate surface area is 149 Å². The van der Waals surface area contributed by atoms with Gasteiger partial charge in [0.25, 0.3) is 0 Å². The van der Waals surface area contributed by atoms with Gasteiger partial charge in [-0.15, -0.1) is 0 Å². The van der Waals surface area contributed by atoms with E-state index in [0.29, 0.717) is 12.6 Å². The second-order valence-corrected chi connectivity index (χ2v) is 6.97. The summed E-state index contributed by atoms with van der Waals surface area (Å²) < 4.78 is 7.12. The van der Waals surface area contributed by atoms with E-state index in [0.717, 1.165) is 42.5 Å². The standard InChI is InChI=1S/C16H21IN4O2/c1-3-23-16(22)11-4-6-12(7-5-11)20(2)14-13-8-9-21(17)15(13)19-10-18-14/h8-12H,3-7H2,1-2H3. The summed E-state index contributed by atoms with van der Waals surface area (Å²) in [6, 6.07) is 2.45. The van der Waals surface area contributed by atoms with Gasteiger partial charge in [-0.3, -0.25) is 7.58 Å². The molecule has 1 fully saturated rings. The summed E-state index contributed by atoms with van der Waals surface area (Å²) in [6.07, 6.45) is 7.35. The van der Waals surface area contributed by atoms with E-state index in [9.17, 15) is 4.79 Å². The van der Waals surface area contributed by atoms with E-state index in [4.69, 9.17) is 4.74 Å². The molecule has 0 bridgehead atoms. The number of esters is 1. The topological polar surface area (TPSA) is 60.2 Å². The minimum atomic E-state index is -0.0417. The van der Waals surface area contributed by atoms with E-state index in [1.165, 1.54) is 0 Å². The molecule has 1 aliphatic rings. The van der Waals surface area contributed by atoms with Crippen LogP contribution in [0.5, 0.6) is 0 Å². The van der Waals surface area contributed by atoms with Crippen LogP contribution in [0.25, 0.3) is 11.0 Å². The van der Waals surface area contributed by atoms with Gasteiger partial charge in [0.15, 0.2) is 5.65 Å². The van der Waals surface area contributed by atoms with Gasteiger partial charge in [0.1, 0.15) is 12.1 Å². The smallest absolute Gasteiger partial charge is 0.308 e. The summed E-state index contributed by atoms with van der Waals surface area (Å²) in [7, 11) is 2.08. The lowest BCUT2D eigenvalue weighted by Crippen LogP contribution is -2.37. The maximum absolute atomic E-state index is 11.9. The molecule has 2 aromatic rings. The van der Waals surface area contributed by atoms with Crippen LogP contribution in [-0.2, 0) is 9.53 Å². The predicted molar refractivity (Wildman–Crippen MR) is 97.7 cm³/mol. The Hall–Kier alpha value is -1.38. The lowest BCUT2D eigenvalue weighted by Gasteiger charge is -2.34. The van der Waals surface area contributed by atoms with E-state index in [2.05, 4.69) is 50.8 Å². The van der Waals surface area contributed by atoms with E-state index in [1.807, 2.05) is 15.9 Å². The van der Waals surface area contributed by atoms with Crippen LogP contribution in [0, 0.1) is 5.92 Å². The van der Waals surface area contributed by atoms with Gasteiger partial charge in [-0.2, -0.15) is 0 Å². The van der Waals surface area contributed by atoms with Crippen molar-refractivity contribution >= 4 is 45.7 Å². The molecule has 7 heteroatoms. The molecule has 6 nitrogen and oxygen atoms in total. The molecule has 0 radical (unpaired) electrons. The zero-order chi connectivity index (χ0) is 16.4. The number of aromatic nitrogens is 3. The minimum Gasteiger partial charge on any atom is -0.466 e. The van der Waals surface area contributed by atoms with Gasteiger partial charge < -0.3 is 9.64 Å². The number of rotatable bonds is 4. The number of anilines is 1. The van der Waals surface area contributed by atoms with Crippen molar-refractivity contribution in [1.82, 2.24) is 12.7 Å². The molecule has 2 aromatic heterocycles. The first-order valence-electron chi connectivity index (χ1n) is 7.99. The number of fused-ring (bicyclic) bond motifs is 1. The Kier molecular flexibility index (Phi) is 5.03. The second-order valence-electron chi connectivity index (χ2n) is 5.93. The lowest BCUT2D eigenvalue weighted by atomic mass is 9.85. The van der Waals surface area contributed by atoms with Gasteiger partial charge in [0, 0.05) is 19.3 Å². The van der Waals surface area contributed by atoms with Crippen molar-refractivity contribution in [3.05, 3.63) is 18.6 Å². The van der Waals surface area contributed by atoms with Gasteiger partial charge in [-0.25, -0.2) is 9.97 Å². The Balaban J connectivity index is 1.72. The molecule has 23 heavy (non-hydrogen) atoms. The molecular formula is C16H21IN4O2. The normalized spacial score (nSPS) is 21.3. The van der Waals surface area contributed by atoms with Crippen molar-refractivity contribution in [1.29, 1.82) is 0 Å². The fourth-order valence-corrected chi connectivity index (χ4v) is 3.87. The lowest BCUT2D eigenvalue weighted by molar-refractivity contribution is -0.149. The average molecular weight is 428 g/mol. The maximum atomic E-state index is 11.9. The molecule has 3 rings (SSSR count). The van der Waals surface area contributed by atoms with E-state index in [1.54, 1.807) is 6.33 Å². The zero-order valence-corrected chi connectivity index (χ0v) is 15.6. The SMILES string of the molecule is CCOC(=O)C1CCC(N(C)c2ncnc3c2ccn3I)CC1. The third-order valence-electron chi connectivity index (χ3n) is 4.61. The highest BCUT2D eigenvalue weighted by Gasteiger charge is 2.30. The fourth-order valence-electron chi connectivity index (χ4n) is 3.32. The van der Waals surface area contributed by atoms with Crippen LogP contribution < -0.4 is 4.90 Å². The van der Waals surface area contributed by atoms with Crippen molar-refractivity contribution in [3.63, 3.8) is 0 Å². The molecule has 124 valence electrons. The van der Waals surface area contributed by atoms with Crippen molar-refractivity contribution in [2.75, 3.05) is 18.6 Å². The molecule has 0 N–H and O–H groups in total. The Morgan fingerprint density at radius 3 is 2.83 bits per heavy atom. The van der Waals surface area contributed by atoms with Crippen LogP contribution in [0.1, 0.15) is 32.6 Å². The van der Waals surface area contributed by atoms with Crippen LogP contribution >= 0.6 is 22.9 Å². The molecule has 0 aliphatic heterocycles. The monoisotopic (exact) mass is 428 g/mol. The summed E-state index contributed by atoms with van der Waals surface area (Å²) in [6.45, 7) is 2.32. The summed E-state index contributed by atoms with van der Waals surface area (Å²) in [5.41, 5.74) is 0.933. The molecule has 2 heterocycles. The highest BCUT2D eigenvalue weighted by molar-refractivity contribution is 14.1. The summed E-state index contributed by atoms with van der Waals surface area (Å²) in [4.78, 5) is 22.9. The van der Waals surface area contributed by atoms with Crippen LogP contribution in [0.2, 0.25) is 0 Å². The predicted octanol–water partition coefficient (Wildman–Crippen LogP) is 3.19. The first-order valence-corrected chi connectivity index (χ1v) is 8.96. The number of nitrogens with zero attached hydrogens (tertiary/aromatic N) is 4. The van der Waals surface area contributed by atoms with E-state index < -0.39 is 0 Å². The first-order chi connectivity index (χ1) is 11.1. The molecule has 0 atom stereocenters. The fraction of sp³-hybridized carbons (Fsp3) is 0.562. The molecule has 1 aliphatic carbocycles. The molecule has 0 amide bonds. The molecule has 0 saturated heterocycles. The van der Waals surface area contributed by atoms with Crippen molar-refractivity contribution in [2.45, 2.75) is 38.6 Å². The second kappa shape index (κ2) is 7.02. The molecule has 0 spiro atoms. The summed E-state index contributed by atoms with van der Waals surface area (Å²) in [5.74, 6) is 0.977. The van der Waals surface area contributed by atoms with Gasteiger partial charge in [-0.1, -0.05) is 0 Å². The Bertz CT molecular complexity index is 694. The number of hydrogen-bond acceptors (Lipinski definition) is 5. The van der Waals surface area contributed by atoms with Gasteiger partial charge in [0.2, 0.25) is 0 Å². The Morgan fingerprint density at radius 1 is 1.39 bits per heavy atom. The maximum Gasteiger partial charge on any atom is 0.308 e. The number of halogens is 1. The Morgan fingerprint density at radius 2 is 2.13 bits per heavy atom. The highest BCUT2D eigenvalue weighted by Crippen LogP contribution is 2.32. The van der Waals surface area contributed by atoms with Crippen molar-refractivity contribution in [3.8, 4) is 0 Å². The number of carbonyl (C=O) groups excluding carboxylic acids is 1. The van der Waals surface area contributed by atoms with Crippen molar-refractivity contribution < 1.29 is 9.53 Å². The molecule has 0 aromatic carbocycles. The summed E-state index contributed by atoms with van der Waals surface area (Å²) >= 11 is 2.22. The molecule has 1 saturated carbocycles. The van der Waals surface area contributed by atoms with Crippen LogP contribution in [0.3, 0.4) is 0 Å². The van der Waals surface area contributed by atoms with Gasteiger partial charge >= 0.3 is 5.97 Å². The van der Waals surface area contributed by atoms with Crippen molar-refractivity contribution in [2.24, 2.45) is 5.92 Å². The van der Waals surface area contributed by atoms with Crippen LogP contribution in [0.4, 0.5) is 5.82 Å². The third-order valence-corrected chi connectivity index (χ3v) is 5.39.